The molecular weight excluding hydrogens is 717 g/mol. The molecule has 5 rings (SSSR count). The predicted molar refractivity (Wildman–Crippen MR) is 174 cm³/mol. The van der Waals surface area contributed by atoms with E-state index < -0.39 is 0 Å². The number of anilines is 2. The molecule has 0 bridgehead atoms. The summed E-state index contributed by atoms with van der Waals surface area (Å²) in [4.78, 5) is 17.4. The zero-order valence-corrected chi connectivity index (χ0v) is 27.9. The number of hydrogen-bond donors (Lipinski definition) is 2. The van der Waals surface area contributed by atoms with Crippen LogP contribution in [0.4, 0.5) is 11.4 Å². The predicted octanol–water partition coefficient (Wildman–Crippen LogP) is 4.37. The van der Waals surface area contributed by atoms with Crippen LogP contribution in [0.15, 0.2) is 91.5 Å². The minimum atomic E-state index is -0.375. The third-order valence-electron chi connectivity index (χ3n) is 7.09. The fraction of sp³-hybridized carbons (Fsp3) is 0.281. The molecule has 2 aromatic carbocycles. The van der Waals surface area contributed by atoms with Crippen LogP contribution in [0.1, 0.15) is 20.3 Å². The molecule has 1 saturated heterocycles. The number of hydrogen-bond acceptors (Lipinski definition) is 8. The number of aliphatic hydroxyl groups is 2. The second kappa shape index (κ2) is 16.2. The van der Waals surface area contributed by atoms with E-state index >= 15 is 0 Å². The van der Waals surface area contributed by atoms with Crippen LogP contribution in [0.3, 0.4) is 0 Å². The van der Waals surface area contributed by atoms with Gasteiger partial charge in [0.25, 0.3) is 0 Å². The van der Waals surface area contributed by atoms with Gasteiger partial charge in [-0.05, 0) is 102 Å². The summed E-state index contributed by atoms with van der Waals surface area (Å²) in [5.41, 5.74) is 6.79. The number of rotatable bonds is 8. The maximum absolute atomic E-state index is 8.56. The van der Waals surface area contributed by atoms with Gasteiger partial charge in [-0.15, -0.1) is 11.3 Å². The van der Waals surface area contributed by atoms with Crippen molar-refractivity contribution in [2.24, 2.45) is 0 Å². The first-order valence-corrected chi connectivity index (χ1v) is 14.2. The van der Waals surface area contributed by atoms with E-state index in [1.165, 1.54) is 5.56 Å². The van der Waals surface area contributed by atoms with Crippen LogP contribution in [0.25, 0.3) is 22.3 Å². The Morgan fingerprint density at radius 3 is 1.56 bits per heavy atom. The van der Waals surface area contributed by atoms with Gasteiger partial charge >= 0.3 is 34.8 Å². The molecule has 0 spiro atoms. The second-order valence-corrected chi connectivity index (χ2v) is 11.1. The Bertz CT molecular complexity index is 1260. The molecule has 2 N–H and O–H groups in total. The van der Waals surface area contributed by atoms with Gasteiger partial charge in [-0.3, -0.25) is 9.97 Å². The van der Waals surface area contributed by atoms with Gasteiger partial charge in [0.2, 0.25) is 0 Å². The van der Waals surface area contributed by atoms with Crippen molar-refractivity contribution < 1.29 is 31.3 Å². The summed E-state index contributed by atoms with van der Waals surface area (Å²) < 4.78 is 0. The first-order chi connectivity index (χ1) is 20.2. The Labute approximate surface area is 271 Å². The topological polar surface area (TPSA) is 79.2 Å². The normalized spacial score (nSPS) is 14.4. The fourth-order valence-electron chi connectivity index (χ4n) is 5.18. The first kappa shape index (κ1) is 34.5. The van der Waals surface area contributed by atoms with E-state index in [1.54, 1.807) is 13.8 Å². The van der Waals surface area contributed by atoms with Crippen LogP contribution in [-0.4, -0.2) is 83.9 Å². The monoisotopic (exact) mass is 757 g/mol. The van der Waals surface area contributed by atoms with E-state index in [-0.39, 0.29) is 47.0 Å². The molecular formula is C32H40B2N6O2Pt. The summed E-state index contributed by atoms with van der Waals surface area (Å²) in [5, 5.41) is 17.1. The molecule has 226 valence electrons. The largest absolute Gasteiger partial charge is 2.00 e. The summed E-state index contributed by atoms with van der Waals surface area (Å²) in [6, 6.07) is 26.7. The zero-order valence-electron chi connectivity index (χ0n) is 25.6. The molecule has 43 heavy (non-hydrogen) atoms. The zero-order chi connectivity index (χ0) is 30.2. The van der Waals surface area contributed by atoms with Gasteiger partial charge in [-0.25, -0.2) is 0 Å². The van der Waals surface area contributed by atoms with Crippen molar-refractivity contribution in [3.8, 4) is 22.3 Å². The minimum Gasteiger partial charge on any atom is -0.559 e. The fourth-order valence-corrected chi connectivity index (χ4v) is 5.18. The number of aliphatic hydroxyl groups excluding tert-OH is 2. The van der Waals surface area contributed by atoms with Gasteiger partial charge in [0.05, 0.1) is 12.2 Å². The Hall–Kier alpha value is -3.00. The average molecular weight is 757 g/mol. The standard InChI is InChI=1S/C27H28B2N6.C5H12O2.Pt/c1-32(2)28-29(33(3)4)35(27-11-7-23(8-12-27)25-15-19-31-20-16-25)21-34(28)26-9-5-22(6-10-26)24-13-17-30-18-14-24;1-4(6)3-5(2)7;/h5-11,13-21H,1-4H3;4-7H,3H2,1-2H3;/q-2;;+2. The number of benzene rings is 2. The molecule has 11 heteroatoms. The van der Waals surface area contributed by atoms with Crippen LogP contribution in [-0.2, 0) is 21.1 Å². The van der Waals surface area contributed by atoms with Gasteiger partial charge in [-0.1, -0.05) is 17.7 Å². The third-order valence-corrected chi connectivity index (χ3v) is 7.09. The van der Waals surface area contributed by atoms with Gasteiger partial charge in [-0.2, -0.15) is 30.9 Å². The molecule has 0 saturated carbocycles. The van der Waals surface area contributed by atoms with Crippen molar-refractivity contribution in [2.75, 3.05) is 37.8 Å². The summed E-state index contributed by atoms with van der Waals surface area (Å²) in [6.07, 6.45) is 7.02. The van der Waals surface area contributed by atoms with Crippen LogP contribution in [0.5, 0.6) is 0 Å². The van der Waals surface area contributed by atoms with Crippen molar-refractivity contribution >= 4 is 25.1 Å². The summed E-state index contributed by atoms with van der Waals surface area (Å²) in [7, 11) is 8.52. The smallest absolute Gasteiger partial charge is 0.559 e. The van der Waals surface area contributed by atoms with Crippen LogP contribution < -0.4 is 9.62 Å². The molecule has 1 aliphatic heterocycles. The van der Waals surface area contributed by atoms with E-state index in [9.17, 15) is 0 Å². The quantitative estimate of drug-likeness (QED) is 0.203. The van der Waals surface area contributed by atoms with E-state index in [0.717, 1.165) is 28.1 Å². The van der Waals surface area contributed by atoms with E-state index in [1.807, 2.05) is 49.1 Å². The molecule has 1 aliphatic rings. The van der Waals surface area contributed by atoms with Crippen LogP contribution >= 0.6 is 0 Å². The molecule has 0 radical (unpaired) electrons. The molecule has 4 aromatic rings. The Kier molecular flexibility index (Phi) is 13.0. The van der Waals surface area contributed by atoms with Crippen molar-refractivity contribution in [3.63, 3.8) is 0 Å². The molecule has 8 nitrogen and oxygen atoms in total. The molecule has 1 fully saturated rings. The van der Waals surface area contributed by atoms with Gasteiger partial charge in [0.1, 0.15) is 0 Å². The maximum Gasteiger partial charge on any atom is 2.00 e. The van der Waals surface area contributed by atoms with Crippen molar-refractivity contribution in [2.45, 2.75) is 32.5 Å². The van der Waals surface area contributed by atoms with E-state index in [2.05, 4.69) is 113 Å². The number of pyridine rings is 2. The van der Waals surface area contributed by atoms with Crippen LogP contribution in [0.2, 0.25) is 0 Å². The summed E-state index contributed by atoms with van der Waals surface area (Å²) in [5.74, 6) is 0. The summed E-state index contributed by atoms with van der Waals surface area (Å²) >= 11 is 0. The Morgan fingerprint density at radius 1 is 0.698 bits per heavy atom. The SMILES string of the molecule is CC(O)CC(C)O.CN(C)B1B(N(C)C)N(c2ccc(-c3ccncc3)cc2)[CH-]N1c1[c-]cc(-c2ccncc2)cc1.[Pt+2]. The van der Waals surface area contributed by atoms with Gasteiger partial charge in [0, 0.05) is 24.8 Å². The molecule has 2 atom stereocenters. The van der Waals surface area contributed by atoms with Crippen LogP contribution in [0, 0.1) is 12.7 Å². The summed E-state index contributed by atoms with van der Waals surface area (Å²) in [6.45, 7) is 5.74. The Morgan fingerprint density at radius 2 is 1.14 bits per heavy atom. The molecule has 2 aromatic heterocycles. The second-order valence-electron chi connectivity index (χ2n) is 11.1. The number of nitrogens with zero attached hydrogens (tertiary/aromatic N) is 6. The van der Waals surface area contributed by atoms with E-state index in [0.29, 0.717) is 6.42 Å². The first-order valence-electron chi connectivity index (χ1n) is 14.2. The van der Waals surface area contributed by atoms with Crippen molar-refractivity contribution in [1.29, 1.82) is 0 Å². The number of aromatic nitrogens is 2. The molecule has 3 heterocycles. The minimum absolute atomic E-state index is 0. The van der Waals surface area contributed by atoms with Gasteiger partial charge < -0.3 is 29.5 Å². The average Bonchev–Trinajstić information content (AvgIpc) is 3.40. The Balaban J connectivity index is 0.000000567. The van der Waals surface area contributed by atoms with Crippen molar-refractivity contribution in [3.05, 3.63) is 104 Å². The van der Waals surface area contributed by atoms with Crippen molar-refractivity contribution in [1.82, 2.24) is 19.6 Å². The van der Waals surface area contributed by atoms with E-state index in [4.69, 9.17) is 10.2 Å². The molecule has 0 amide bonds. The molecule has 0 aliphatic carbocycles. The third kappa shape index (κ3) is 9.00. The van der Waals surface area contributed by atoms with Gasteiger partial charge in [0.15, 0.2) is 0 Å². The maximum atomic E-state index is 8.56. The molecule has 2 unspecified atom stereocenters.